The Labute approximate surface area is 147 Å². The average Bonchev–Trinajstić information content (AvgIpc) is 3.12. The van der Waals surface area contributed by atoms with Gasteiger partial charge in [0, 0.05) is 37.0 Å². The van der Waals surface area contributed by atoms with Crippen LogP contribution in [-0.4, -0.2) is 27.9 Å². The van der Waals surface area contributed by atoms with Gasteiger partial charge in [0.05, 0.1) is 17.4 Å². The van der Waals surface area contributed by atoms with Crippen LogP contribution in [0.25, 0.3) is 22.2 Å². The maximum atomic E-state index is 11.2. The van der Waals surface area contributed by atoms with Crippen molar-refractivity contribution in [3.8, 4) is 11.3 Å². The summed E-state index contributed by atoms with van der Waals surface area (Å²) >= 11 is 0. The molecular formula is C20H24N4O. The van der Waals surface area contributed by atoms with E-state index in [2.05, 4.69) is 32.4 Å². The zero-order valence-electron chi connectivity index (χ0n) is 14.6. The van der Waals surface area contributed by atoms with Crippen LogP contribution in [0.3, 0.4) is 0 Å². The van der Waals surface area contributed by atoms with Crippen LogP contribution >= 0.6 is 0 Å². The van der Waals surface area contributed by atoms with Gasteiger partial charge in [0.25, 0.3) is 0 Å². The van der Waals surface area contributed by atoms with E-state index in [1.165, 1.54) is 0 Å². The number of nitrogens with one attached hydrogen (secondary N) is 2. The largest absolute Gasteiger partial charge is 0.359 e. The predicted octanol–water partition coefficient (Wildman–Crippen LogP) is 3.86. The third kappa shape index (κ3) is 4.66. The molecule has 0 saturated heterocycles. The summed E-state index contributed by atoms with van der Waals surface area (Å²) in [6.45, 7) is 0. The molecule has 0 aliphatic rings. The van der Waals surface area contributed by atoms with Crippen molar-refractivity contribution in [2.45, 2.75) is 38.5 Å². The van der Waals surface area contributed by atoms with Crippen molar-refractivity contribution in [3.63, 3.8) is 0 Å². The number of amides is 1. The average molecular weight is 336 g/mol. The first-order chi connectivity index (χ1) is 12.3. The van der Waals surface area contributed by atoms with Crippen LogP contribution < -0.4 is 5.32 Å². The summed E-state index contributed by atoms with van der Waals surface area (Å²) in [7, 11) is 1.68. The third-order valence-electron chi connectivity index (χ3n) is 4.38. The number of hydrogen-bond acceptors (Lipinski definition) is 3. The number of aryl methyl sites for hydroxylation is 1. The van der Waals surface area contributed by atoms with Crippen LogP contribution in [0.15, 0.2) is 42.7 Å². The number of fused-ring (bicyclic) bond motifs is 1. The first-order valence-electron chi connectivity index (χ1n) is 8.86. The summed E-state index contributed by atoms with van der Waals surface area (Å²) in [6.07, 6.45) is 9.55. The van der Waals surface area contributed by atoms with Crippen molar-refractivity contribution < 1.29 is 4.79 Å². The van der Waals surface area contributed by atoms with E-state index in [9.17, 15) is 4.79 Å². The molecule has 0 aliphatic heterocycles. The lowest BCUT2D eigenvalue weighted by Gasteiger charge is -2.01. The van der Waals surface area contributed by atoms with Crippen molar-refractivity contribution >= 4 is 16.8 Å². The lowest BCUT2D eigenvalue weighted by molar-refractivity contribution is -0.120. The molecular weight excluding hydrogens is 312 g/mol. The number of pyridine rings is 1. The zero-order valence-corrected chi connectivity index (χ0v) is 14.6. The number of imidazole rings is 1. The molecule has 5 nitrogen and oxygen atoms in total. The highest BCUT2D eigenvalue weighted by Crippen LogP contribution is 2.21. The molecule has 1 amide bonds. The number of hydrogen-bond donors (Lipinski definition) is 2. The van der Waals surface area contributed by atoms with E-state index in [0.29, 0.717) is 6.42 Å². The molecule has 2 heterocycles. The van der Waals surface area contributed by atoms with Crippen LogP contribution in [-0.2, 0) is 11.2 Å². The molecule has 0 spiro atoms. The van der Waals surface area contributed by atoms with Crippen LogP contribution in [0.4, 0.5) is 0 Å². The van der Waals surface area contributed by atoms with Gasteiger partial charge in [-0.15, -0.1) is 0 Å². The molecule has 1 aromatic carbocycles. The van der Waals surface area contributed by atoms with Gasteiger partial charge in [-0.25, -0.2) is 4.98 Å². The maximum Gasteiger partial charge on any atom is 0.219 e. The summed E-state index contributed by atoms with van der Waals surface area (Å²) in [5.74, 6) is 1.13. The summed E-state index contributed by atoms with van der Waals surface area (Å²) < 4.78 is 0. The number of carbonyl (C=O) groups excluding carboxylic acids is 1. The van der Waals surface area contributed by atoms with Crippen molar-refractivity contribution in [1.82, 2.24) is 20.3 Å². The predicted molar refractivity (Wildman–Crippen MR) is 100 cm³/mol. The number of unbranched alkanes of at least 4 members (excludes halogenated alkanes) is 3. The standard InChI is InChI=1S/C20H24N4O/c1-21-20(25)11-5-3-2-4-10-19-23-14-18(24-19)16-12-15-8-6-7-9-17(15)22-13-16/h6-9,12-14H,2-5,10-11H2,1H3,(H,21,25)(H,23,24). The molecule has 0 bridgehead atoms. The van der Waals surface area contributed by atoms with Gasteiger partial charge in [0.1, 0.15) is 5.82 Å². The van der Waals surface area contributed by atoms with Crippen LogP contribution in [0.5, 0.6) is 0 Å². The Kier molecular flexibility index (Phi) is 5.77. The fraction of sp³-hybridized carbons (Fsp3) is 0.350. The lowest BCUT2D eigenvalue weighted by atomic mass is 10.1. The number of aromatic amines is 1. The molecule has 0 unspecified atom stereocenters. The quantitative estimate of drug-likeness (QED) is 0.614. The van der Waals surface area contributed by atoms with Crippen molar-refractivity contribution in [2.75, 3.05) is 7.05 Å². The number of para-hydroxylation sites is 1. The molecule has 0 radical (unpaired) electrons. The minimum Gasteiger partial charge on any atom is -0.359 e. The minimum absolute atomic E-state index is 0.125. The van der Waals surface area contributed by atoms with Crippen LogP contribution in [0, 0.1) is 0 Å². The SMILES string of the molecule is CNC(=O)CCCCCCc1ncc(-c2cnc3ccccc3c2)[nH]1. The van der Waals surface area contributed by atoms with Gasteiger partial charge in [-0.1, -0.05) is 31.0 Å². The second kappa shape index (κ2) is 8.42. The van der Waals surface area contributed by atoms with Gasteiger partial charge < -0.3 is 10.3 Å². The molecule has 25 heavy (non-hydrogen) atoms. The Hall–Kier alpha value is -2.69. The molecule has 130 valence electrons. The van der Waals surface area contributed by atoms with Crippen molar-refractivity contribution in [2.24, 2.45) is 0 Å². The van der Waals surface area contributed by atoms with E-state index in [4.69, 9.17) is 0 Å². The van der Waals surface area contributed by atoms with E-state index >= 15 is 0 Å². The number of nitrogens with zero attached hydrogens (tertiary/aromatic N) is 2. The van der Waals surface area contributed by atoms with Crippen molar-refractivity contribution in [3.05, 3.63) is 48.5 Å². The van der Waals surface area contributed by atoms with Crippen LogP contribution in [0.2, 0.25) is 0 Å². The normalized spacial score (nSPS) is 10.9. The van der Waals surface area contributed by atoms with Crippen LogP contribution in [0.1, 0.15) is 37.9 Å². The number of aromatic nitrogens is 3. The smallest absolute Gasteiger partial charge is 0.219 e. The minimum atomic E-state index is 0.125. The Morgan fingerprint density at radius 2 is 1.92 bits per heavy atom. The molecule has 5 heteroatoms. The molecule has 2 N–H and O–H groups in total. The van der Waals surface area contributed by atoms with Gasteiger partial charge in [-0.2, -0.15) is 0 Å². The zero-order chi connectivity index (χ0) is 17.5. The second-order valence-corrected chi connectivity index (χ2v) is 6.25. The topological polar surface area (TPSA) is 70.7 Å². The van der Waals surface area contributed by atoms with E-state index < -0.39 is 0 Å². The van der Waals surface area contributed by atoms with E-state index in [-0.39, 0.29) is 5.91 Å². The number of carbonyl (C=O) groups is 1. The van der Waals surface area contributed by atoms with Gasteiger partial charge >= 0.3 is 0 Å². The van der Waals surface area contributed by atoms with Gasteiger partial charge in [0.15, 0.2) is 0 Å². The van der Waals surface area contributed by atoms with Crippen molar-refractivity contribution in [1.29, 1.82) is 0 Å². The van der Waals surface area contributed by atoms with E-state index in [0.717, 1.165) is 60.1 Å². The highest BCUT2D eigenvalue weighted by molar-refractivity contribution is 5.82. The van der Waals surface area contributed by atoms with Gasteiger partial charge in [-0.3, -0.25) is 9.78 Å². The Balaban J connectivity index is 1.51. The Morgan fingerprint density at radius 1 is 1.08 bits per heavy atom. The lowest BCUT2D eigenvalue weighted by Crippen LogP contribution is -2.16. The number of benzene rings is 1. The second-order valence-electron chi connectivity index (χ2n) is 6.25. The highest BCUT2D eigenvalue weighted by Gasteiger charge is 2.05. The summed E-state index contributed by atoms with van der Waals surface area (Å²) in [5, 5.41) is 3.78. The first-order valence-corrected chi connectivity index (χ1v) is 8.86. The molecule has 0 aliphatic carbocycles. The first kappa shape index (κ1) is 17.1. The summed E-state index contributed by atoms with van der Waals surface area (Å²) in [4.78, 5) is 23.5. The maximum absolute atomic E-state index is 11.2. The summed E-state index contributed by atoms with van der Waals surface area (Å²) in [6, 6.07) is 10.2. The highest BCUT2D eigenvalue weighted by atomic mass is 16.1. The van der Waals surface area contributed by atoms with E-state index in [1.807, 2.05) is 30.6 Å². The van der Waals surface area contributed by atoms with E-state index in [1.54, 1.807) is 7.05 Å². The van der Waals surface area contributed by atoms with Gasteiger partial charge in [-0.05, 0) is 25.0 Å². The number of rotatable bonds is 8. The third-order valence-corrected chi connectivity index (χ3v) is 4.38. The monoisotopic (exact) mass is 336 g/mol. The fourth-order valence-electron chi connectivity index (χ4n) is 2.91. The molecule has 0 fully saturated rings. The Morgan fingerprint density at radius 3 is 2.80 bits per heavy atom. The molecule has 0 atom stereocenters. The molecule has 2 aromatic heterocycles. The Bertz CT molecular complexity index is 840. The molecule has 0 saturated carbocycles. The molecule has 3 aromatic rings. The summed E-state index contributed by atoms with van der Waals surface area (Å²) in [5.41, 5.74) is 3.07. The fourth-order valence-corrected chi connectivity index (χ4v) is 2.91. The molecule has 3 rings (SSSR count). The number of H-pyrrole nitrogens is 1. The van der Waals surface area contributed by atoms with Gasteiger partial charge in [0.2, 0.25) is 5.91 Å².